The highest BCUT2D eigenvalue weighted by molar-refractivity contribution is 5.97. The van der Waals surface area contributed by atoms with Crippen LogP contribution in [0.15, 0.2) is 66.9 Å². The topological polar surface area (TPSA) is 110 Å². The van der Waals surface area contributed by atoms with E-state index in [1.165, 1.54) is 31.3 Å². The fraction of sp³-hybridized carbons (Fsp3) is 0.200. The molecule has 34 heavy (non-hydrogen) atoms. The van der Waals surface area contributed by atoms with Crippen molar-refractivity contribution in [3.63, 3.8) is 0 Å². The Labute approximate surface area is 197 Å². The average molecular weight is 463 g/mol. The Morgan fingerprint density at radius 3 is 2.47 bits per heavy atom. The van der Waals surface area contributed by atoms with Gasteiger partial charge in [-0.3, -0.25) is 9.59 Å². The third-order valence-corrected chi connectivity index (χ3v) is 4.86. The van der Waals surface area contributed by atoms with E-state index < -0.39 is 18.5 Å². The van der Waals surface area contributed by atoms with Crippen molar-refractivity contribution >= 4 is 35.0 Å². The van der Waals surface area contributed by atoms with Crippen LogP contribution in [0, 0.1) is 6.92 Å². The molecule has 0 aliphatic carbocycles. The SMILES string of the molecule is COc1ccccc1Nc1ncccc1C(=O)OCC(=O)N(C)CC(=O)Nc1ccc(C)cc1. The summed E-state index contributed by atoms with van der Waals surface area (Å²) >= 11 is 0. The quantitative estimate of drug-likeness (QED) is 0.469. The maximum atomic E-state index is 12.6. The van der Waals surface area contributed by atoms with Crippen molar-refractivity contribution in [1.29, 1.82) is 0 Å². The number of carbonyl (C=O) groups excluding carboxylic acids is 3. The molecule has 0 saturated heterocycles. The number of aromatic nitrogens is 1. The normalized spacial score (nSPS) is 10.2. The predicted molar refractivity (Wildman–Crippen MR) is 128 cm³/mol. The zero-order valence-corrected chi connectivity index (χ0v) is 19.2. The summed E-state index contributed by atoms with van der Waals surface area (Å²) in [5, 5.41) is 5.77. The minimum absolute atomic E-state index is 0.154. The number of rotatable bonds is 9. The molecule has 0 unspecified atom stereocenters. The molecule has 176 valence electrons. The second-order valence-corrected chi connectivity index (χ2v) is 7.46. The van der Waals surface area contributed by atoms with E-state index in [4.69, 9.17) is 9.47 Å². The fourth-order valence-corrected chi connectivity index (χ4v) is 3.00. The molecule has 9 heteroatoms. The molecule has 2 aromatic carbocycles. The molecule has 9 nitrogen and oxygen atoms in total. The summed E-state index contributed by atoms with van der Waals surface area (Å²) < 4.78 is 10.5. The van der Waals surface area contributed by atoms with E-state index in [1.807, 2.05) is 31.2 Å². The molecule has 2 N–H and O–H groups in total. The molecule has 0 aliphatic heterocycles. The van der Waals surface area contributed by atoms with Gasteiger partial charge in [0, 0.05) is 18.9 Å². The summed E-state index contributed by atoms with van der Waals surface area (Å²) in [6.45, 7) is 1.25. The van der Waals surface area contributed by atoms with Crippen LogP contribution in [0.2, 0.25) is 0 Å². The molecule has 1 heterocycles. The lowest BCUT2D eigenvalue weighted by molar-refractivity contribution is -0.136. The number of hydrogen-bond donors (Lipinski definition) is 2. The van der Waals surface area contributed by atoms with Gasteiger partial charge in [-0.15, -0.1) is 0 Å². The van der Waals surface area contributed by atoms with Crippen LogP contribution in [0.4, 0.5) is 17.2 Å². The lowest BCUT2D eigenvalue weighted by atomic mass is 10.2. The van der Waals surface area contributed by atoms with E-state index in [0.717, 1.165) is 5.56 Å². The number of likely N-dealkylation sites (N-methyl/N-ethyl adjacent to an activating group) is 1. The lowest BCUT2D eigenvalue weighted by Crippen LogP contribution is -2.37. The second kappa shape index (κ2) is 11.5. The number of esters is 1. The van der Waals surface area contributed by atoms with Gasteiger partial charge in [0.25, 0.3) is 5.91 Å². The smallest absolute Gasteiger partial charge is 0.342 e. The van der Waals surface area contributed by atoms with Crippen LogP contribution in [0.25, 0.3) is 0 Å². The van der Waals surface area contributed by atoms with E-state index in [1.54, 1.807) is 30.3 Å². The van der Waals surface area contributed by atoms with Gasteiger partial charge in [0.15, 0.2) is 6.61 Å². The Bertz CT molecular complexity index is 1160. The number of ether oxygens (including phenoxy) is 2. The highest BCUT2D eigenvalue weighted by Crippen LogP contribution is 2.27. The summed E-state index contributed by atoms with van der Waals surface area (Å²) in [6.07, 6.45) is 1.53. The van der Waals surface area contributed by atoms with E-state index in [9.17, 15) is 14.4 Å². The maximum Gasteiger partial charge on any atom is 0.342 e. The molecule has 0 aliphatic rings. The summed E-state index contributed by atoms with van der Waals surface area (Å²) in [5.74, 6) is -0.767. The van der Waals surface area contributed by atoms with Gasteiger partial charge < -0.3 is 25.0 Å². The summed E-state index contributed by atoms with van der Waals surface area (Å²) in [4.78, 5) is 42.6. The number of methoxy groups -OCH3 is 1. The van der Waals surface area contributed by atoms with Crippen molar-refractivity contribution in [1.82, 2.24) is 9.88 Å². The number of hydrogen-bond acceptors (Lipinski definition) is 7. The minimum atomic E-state index is -0.726. The number of amides is 2. The van der Waals surface area contributed by atoms with Crippen molar-refractivity contribution in [2.24, 2.45) is 0 Å². The van der Waals surface area contributed by atoms with Gasteiger partial charge in [0.1, 0.15) is 17.1 Å². The molecule has 0 radical (unpaired) electrons. The molecule has 0 spiro atoms. The number of aryl methyl sites for hydroxylation is 1. The summed E-state index contributed by atoms with van der Waals surface area (Å²) in [7, 11) is 3.00. The standard InChI is InChI=1S/C25H26N4O5/c1-17-10-12-18(13-11-17)27-22(30)15-29(2)23(31)16-34-25(32)19-7-6-14-26-24(19)28-20-8-4-5-9-21(20)33-3/h4-14H,15-16H2,1-3H3,(H,26,28)(H,27,30). The van der Waals surface area contributed by atoms with Gasteiger partial charge in [-0.05, 0) is 43.3 Å². The molecule has 3 aromatic rings. The molecule has 0 atom stereocenters. The maximum absolute atomic E-state index is 12.6. The first-order valence-corrected chi connectivity index (χ1v) is 10.5. The molecule has 3 rings (SSSR count). The third kappa shape index (κ3) is 6.55. The van der Waals surface area contributed by atoms with Crippen molar-refractivity contribution < 1.29 is 23.9 Å². The molecular weight excluding hydrogens is 436 g/mol. The summed E-state index contributed by atoms with van der Waals surface area (Å²) in [6, 6.07) is 17.6. The van der Waals surface area contributed by atoms with Crippen molar-refractivity contribution in [2.75, 3.05) is 37.9 Å². The van der Waals surface area contributed by atoms with E-state index >= 15 is 0 Å². The van der Waals surface area contributed by atoms with Crippen molar-refractivity contribution in [3.8, 4) is 5.75 Å². The van der Waals surface area contributed by atoms with Crippen LogP contribution in [-0.2, 0) is 14.3 Å². The molecule has 2 amide bonds. The lowest BCUT2D eigenvalue weighted by Gasteiger charge is -2.17. The van der Waals surface area contributed by atoms with Crippen molar-refractivity contribution in [3.05, 3.63) is 78.0 Å². The van der Waals surface area contributed by atoms with Crippen molar-refractivity contribution in [2.45, 2.75) is 6.92 Å². The fourth-order valence-electron chi connectivity index (χ4n) is 3.00. The first kappa shape index (κ1) is 24.2. The molecule has 0 saturated carbocycles. The average Bonchev–Trinajstić information content (AvgIpc) is 2.84. The van der Waals surface area contributed by atoms with Crippen LogP contribution in [0.1, 0.15) is 15.9 Å². The number of anilines is 3. The highest BCUT2D eigenvalue weighted by atomic mass is 16.5. The largest absolute Gasteiger partial charge is 0.495 e. The number of para-hydroxylation sites is 2. The highest BCUT2D eigenvalue weighted by Gasteiger charge is 2.19. The van der Waals surface area contributed by atoms with Gasteiger partial charge >= 0.3 is 5.97 Å². The van der Waals surface area contributed by atoms with E-state index in [0.29, 0.717) is 17.1 Å². The van der Waals surface area contributed by atoms with Crippen LogP contribution >= 0.6 is 0 Å². The van der Waals surface area contributed by atoms with Crippen LogP contribution < -0.4 is 15.4 Å². The second-order valence-electron chi connectivity index (χ2n) is 7.46. The number of benzene rings is 2. The molecule has 0 fully saturated rings. The minimum Gasteiger partial charge on any atom is -0.495 e. The summed E-state index contributed by atoms with van der Waals surface area (Å²) in [5.41, 5.74) is 2.48. The first-order valence-electron chi connectivity index (χ1n) is 10.5. The van der Waals surface area contributed by atoms with Gasteiger partial charge in [-0.25, -0.2) is 9.78 Å². The Balaban J connectivity index is 1.56. The molecule has 0 bridgehead atoms. The first-order chi connectivity index (χ1) is 16.4. The van der Waals surface area contributed by atoms with Crippen LogP contribution in [0.5, 0.6) is 5.75 Å². The van der Waals surface area contributed by atoms with Gasteiger partial charge in [0.05, 0.1) is 19.3 Å². The van der Waals surface area contributed by atoms with Gasteiger partial charge in [0.2, 0.25) is 5.91 Å². The zero-order chi connectivity index (χ0) is 24.5. The Kier molecular flexibility index (Phi) is 8.17. The number of nitrogens with zero attached hydrogens (tertiary/aromatic N) is 2. The Morgan fingerprint density at radius 1 is 1.00 bits per heavy atom. The van der Waals surface area contributed by atoms with Crippen LogP contribution in [-0.4, -0.2) is 55.0 Å². The third-order valence-electron chi connectivity index (χ3n) is 4.86. The van der Waals surface area contributed by atoms with Crippen LogP contribution in [0.3, 0.4) is 0 Å². The Morgan fingerprint density at radius 2 is 1.74 bits per heavy atom. The number of pyridine rings is 1. The zero-order valence-electron chi connectivity index (χ0n) is 19.2. The van der Waals surface area contributed by atoms with Gasteiger partial charge in [-0.2, -0.15) is 0 Å². The monoisotopic (exact) mass is 462 g/mol. The number of carbonyl (C=O) groups is 3. The van der Waals surface area contributed by atoms with E-state index in [2.05, 4.69) is 15.6 Å². The molecular formula is C25H26N4O5. The Hall–Kier alpha value is -4.40. The predicted octanol–water partition coefficient (Wildman–Crippen LogP) is 3.40. The van der Waals surface area contributed by atoms with Gasteiger partial charge in [-0.1, -0.05) is 29.8 Å². The number of nitrogens with one attached hydrogen (secondary N) is 2. The van der Waals surface area contributed by atoms with E-state index in [-0.39, 0.29) is 23.8 Å². The molecule has 1 aromatic heterocycles.